The van der Waals surface area contributed by atoms with E-state index in [1.165, 1.54) is 6.07 Å². The highest BCUT2D eigenvalue weighted by Crippen LogP contribution is 2.20. The first kappa shape index (κ1) is 18.1. The summed E-state index contributed by atoms with van der Waals surface area (Å²) in [6.07, 6.45) is 0. The maximum atomic E-state index is 12.1. The average molecular weight is 412 g/mol. The van der Waals surface area contributed by atoms with Gasteiger partial charge in [0, 0.05) is 10.0 Å². The Balaban J connectivity index is 1.87. The third kappa shape index (κ3) is 4.88. The Morgan fingerprint density at radius 1 is 0.917 bits per heavy atom. The van der Waals surface area contributed by atoms with Crippen molar-refractivity contribution in [3.05, 3.63) is 64.6 Å². The molecule has 2 aromatic rings. The number of carbonyl (C=O) groups is 2. The molecule has 0 aliphatic carbocycles. The summed E-state index contributed by atoms with van der Waals surface area (Å²) in [5.74, 6) is -1.20. The van der Waals surface area contributed by atoms with Crippen LogP contribution in [0.5, 0.6) is 0 Å². The molecule has 24 heavy (non-hydrogen) atoms. The van der Waals surface area contributed by atoms with Crippen molar-refractivity contribution in [1.82, 2.24) is 15.6 Å². The number of carbonyl (C=O) groups excluding carboxylic acids is 2. The van der Waals surface area contributed by atoms with E-state index in [1.807, 2.05) is 0 Å². The number of halogens is 1. The number of amides is 2. The standard InChI is InChI=1S/C15H14BrN3O4S/c16-12-8-4-5-9-13(12)24(22,23)17-10-14(20)18-19-15(21)11-6-2-1-3-7-11/h1-9,17H,10H2,(H,18,20)(H,19,21). The zero-order chi connectivity index (χ0) is 17.6. The van der Waals surface area contributed by atoms with Gasteiger partial charge in [-0.25, -0.2) is 13.1 Å². The fourth-order valence-electron chi connectivity index (χ4n) is 1.73. The van der Waals surface area contributed by atoms with Crippen LogP contribution in [0.1, 0.15) is 10.4 Å². The number of hydrogen-bond acceptors (Lipinski definition) is 4. The molecular formula is C15H14BrN3O4S. The lowest BCUT2D eigenvalue weighted by Crippen LogP contribution is -2.46. The van der Waals surface area contributed by atoms with E-state index in [2.05, 4.69) is 31.5 Å². The molecule has 0 saturated carbocycles. The monoisotopic (exact) mass is 411 g/mol. The van der Waals surface area contributed by atoms with Crippen LogP contribution in [0.3, 0.4) is 0 Å². The highest BCUT2D eigenvalue weighted by molar-refractivity contribution is 9.10. The van der Waals surface area contributed by atoms with E-state index < -0.39 is 28.4 Å². The largest absolute Gasteiger partial charge is 0.272 e. The van der Waals surface area contributed by atoms with Crippen LogP contribution in [-0.4, -0.2) is 26.8 Å². The van der Waals surface area contributed by atoms with Gasteiger partial charge in [-0.3, -0.25) is 20.4 Å². The van der Waals surface area contributed by atoms with Crippen molar-refractivity contribution in [2.75, 3.05) is 6.54 Å². The van der Waals surface area contributed by atoms with Gasteiger partial charge in [0.15, 0.2) is 0 Å². The summed E-state index contributed by atoms with van der Waals surface area (Å²) in [5, 5.41) is 0. The van der Waals surface area contributed by atoms with Crippen molar-refractivity contribution in [2.45, 2.75) is 4.90 Å². The van der Waals surface area contributed by atoms with Gasteiger partial charge in [-0.15, -0.1) is 0 Å². The van der Waals surface area contributed by atoms with Crippen molar-refractivity contribution in [1.29, 1.82) is 0 Å². The van der Waals surface area contributed by atoms with Crippen molar-refractivity contribution in [2.24, 2.45) is 0 Å². The Morgan fingerprint density at radius 2 is 1.54 bits per heavy atom. The molecular weight excluding hydrogens is 398 g/mol. The van der Waals surface area contributed by atoms with Crippen molar-refractivity contribution < 1.29 is 18.0 Å². The second kappa shape index (κ2) is 8.04. The van der Waals surface area contributed by atoms with Gasteiger partial charge in [0.2, 0.25) is 10.0 Å². The summed E-state index contributed by atoms with van der Waals surface area (Å²) in [6.45, 7) is -0.515. The minimum Gasteiger partial charge on any atom is -0.272 e. The quantitative estimate of drug-likeness (QED) is 0.642. The lowest BCUT2D eigenvalue weighted by molar-refractivity contribution is -0.120. The van der Waals surface area contributed by atoms with Crippen LogP contribution in [-0.2, 0) is 14.8 Å². The molecule has 0 aliphatic rings. The molecule has 0 saturated heterocycles. The average Bonchev–Trinajstić information content (AvgIpc) is 2.59. The van der Waals surface area contributed by atoms with Gasteiger partial charge in [-0.05, 0) is 40.2 Å². The Bertz CT molecular complexity index is 841. The van der Waals surface area contributed by atoms with Crippen LogP contribution < -0.4 is 15.6 Å². The van der Waals surface area contributed by atoms with Crippen LogP contribution in [0.4, 0.5) is 0 Å². The van der Waals surface area contributed by atoms with Gasteiger partial charge in [0.1, 0.15) is 0 Å². The molecule has 3 N–H and O–H groups in total. The van der Waals surface area contributed by atoms with E-state index in [9.17, 15) is 18.0 Å². The molecule has 2 amide bonds. The number of rotatable bonds is 5. The Kier molecular flexibility index (Phi) is 6.07. The summed E-state index contributed by atoms with van der Waals surface area (Å²) in [7, 11) is -3.85. The van der Waals surface area contributed by atoms with Gasteiger partial charge in [0.25, 0.3) is 11.8 Å². The highest BCUT2D eigenvalue weighted by Gasteiger charge is 2.18. The van der Waals surface area contributed by atoms with Gasteiger partial charge in [-0.1, -0.05) is 30.3 Å². The molecule has 7 nitrogen and oxygen atoms in total. The molecule has 0 bridgehead atoms. The van der Waals surface area contributed by atoms with Gasteiger partial charge in [-0.2, -0.15) is 0 Å². The van der Waals surface area contributed by atoms with Crippen LogP contribution in [0, 0.1) is 0 Å². The maximum absolute atomic E-state index is 12.1. The fourth-order valence-corrected chi connectivity index (χ4v) is 3.72. The first-order chi connectivity index (χ1) is 11.4. The lowest BCUT2D eigenvalue weighted by atomic mass is 10.2. The van der Waals surface area contributed by atoms with E-state index >= 15 is 0 Å². The van der Waals surface area contributed by atoms with Crippen molar-refractivity contribution in [3.63, 3.8) is 0 Å². The fraction of sp³-hybridized carbons (Fsp3) is 0.0667. The van der Waals surface area contributed by atoms with Crippen LogP contribution in [0.15, 0.2) is 64.0 Å². The second-order valence-corrected chi connectivity index (χ2v) is 7.21. The Morgan fingerprint density at radius 3 is 2.21 bits per heavy atom. The molecule has 2 aromatic carbocycles. The molecule has 0 atom stereocenters. The normalized spacial score (nSPS) is 10.9. The van der Waals surface area contributed by atoms with E-state index in [0.29, 0.717) is 10.0 Å². The van der Waals surface area contributed by atoms with Crippen molar-refractivity contribution >= 4 is 37.8 Å². The second-order valence-electron chi connectivity index (χ2n) is 4.62. The molecule has 0 unspecified atom stereocenters. The first-order valence-corrected chi connectivity index (χ1v) is 9.06. The summed E-state index contributed by atoms with van der Waals surface area (Å²) < 4.78 is 26.8. The first-order valence-electron chi connectivity index (χ1n) is 6.78. The molecule has 0 spiro atoms. The zero-order valence-corrected chi connectivity index (χ0v) is 14.7. The molecule has 0 heterocycles. The topological polar surface area (TPSA) is 104 Å². The van der Waals surface area contributed by atoms with Crippen LogP contribution >= 0.6 is 15.9 Å². The van der Waals surface area contributed by atoms with Gasteiger partial charge < -0.3 is 0 Å². The molecule has 126 valence electrons. The highest BCUT2D eigenvalue weighted by atomic mass is 79.9. The van der Waals surface area contributed by atoms with Crippen LogP contribution in [0.2, 0.25) is 0 Å². The lowest BCUT2D eigenvalue weighted by Gasteiger charge is -2.10. The van der Waals surface area contributed by atoms with Gasteiger partial charge in [0.05, 0.1) is 11.4 Å². The Labute approximate surface area is 147 Å². The van der Waals surface area contributed by atoms with E-state index in [4.69, 9.17) is 0 Å². The van der Waals surface area contributed by atoms with Gasteiger partial charge >= 0.3 is 0 Å². The van der Waals surface area contributed by atoms with E-state index in [1.54, 1.807) is 48.5 Å². The Hall–Kier alpha value is -2.23. The number of hydrogen-bond donors (Lipinski definition) is 3. The number of benzene rings is 2. The molecule has 2 rings (SSSR count). The predicted molar refractivity (Wildman–Crippen MR) is 91.4 cm³/mol. The smallest absolute Gasteiger partial charge is 0.269 e. The molecule has 0 aromatic heterocycles. The summed E-state index contributed by atoms with van der Waals surface area (Å²) in [6, 6.07) is 14.5. The number of hydrazine groups is 1. The molecule has 9 heteroatoms. The van der Waals surface area contributed by atoms with Crippen molar-refractivity contribution in [3.8, 4) is 0 Å². The third-order valence-electron chi connectivity index (χ3n) is 2.90. The summed E-state index contributed by atoms with van der Waals surface area (Å²) in [5.41, 5.74) is 4.71. The van der Waals surface area contributed by atoms with E-state index in [-0.39, 0.29) is 4.90 Å². The predicted octanol–water partition coefficient (Wildman–Crippen LogP) is 1.19. The summed E-state index contributed by atoms with van der Waals surface area (Å²) in [4.78, 5) is 23.4. The minimum absolute atomic E-state index is 0.0196. The minimum atomic E-state index is -3.85. The summed E-state index contributed by atoms with van der Waals surface area (Å²) >= 11 is 3.14. The third-order valence-corrected chi connectivity index (χ3v) is 5.31. The zero-order valence-electron chi connectivity index (χ0n) is 12.3. The molecule has 0 fully saturated rings. The SMILES string of the molecule is O=C(CNS(=O)(=O)c1ccccc1Br)NNC(=O)c1ccccc1. The van der Waals surface area contributed by atoms with E-state index in [0.717, 1.165) is 0 Å². The molecule has 0 radical (unpaired) electrons. The van der Waals surface area contributed by atoms with Crippen LogP contribution in [0.25, 0.3) is 0 Å². The number of sulfonamides is 1. The maximum Gasteiger partial charge on any atom is 0.269 e. The molecule has 0 aliphatic heterocycles. The number of nitrogens with one attached hydrogen (secondary N) is 3.